The SMILES string of the molecule is COC(=O)[C@]12CC[C@@H](CC1=O)C2(C)C. The molecule has 0 N–H and O–H groups in total. The van der Waals surface area contributed by atoms with E-state index in [-0.39, 0.29) is 17.2 Å². The number of hydrogen-bond donors (Lipinski definition) is 0. The number of carbonyl (C=O) groups excluding carboxylic acids is 2. The van der Waals surface area contributed by atoms with E-state index >= 15 is 0 Å². The first kappa shape index (κ1) is 9.69. The second kappa shape index (κ2) is 2.59. The maximum absolute atomic E-state index is 11.9. The van der Waals surface area contributed by atoms with Gasteiger partial charge in [-0.3, -0.25) is 9.59 Å². The van der Waals surface area contributed by atoms with Crippen LogP contribution in [0.3, 0.4) is 0 Å². The Morgan fingerprint density at radius 1 is 1.50 bits per heavy atom. The lowest BCUT2D eigenvalue weighted by Crippen LogP contribution is -2.44. The molecule has 0 aromatic heterocycles. The van der Waals surface area contributed by atoms with Crippen LogP contribution in [0, 0.1) is 16.7 Å². The molecule has 3 nitrogen and oxygen atoms in total. The highest BCUT2D eigenvalue weighted by molar-refractivity contribution is 6.07. The van der Waals surface area contributed by atoms with Gasteiger partial charge in [0.2, 0.25) is 0 Å². The van der Waals surface area contributed by atoms with Crippen molar-refractivity contribution in [3.63, 3.8) is 0 Å². The van der Waals surface area contributed by atoms with Gasteiger partial charge in [0.05, 0.1) is 7.11 Å². The molecule has 0 amide bonds. The van der Waals surface area contributed by atoms with E-state index in [1.807, 2.05) is 13.8 Å². The Labute approximate surface area is 83.8 Å². The minimum Gasteiger partial charge on any atom is -0.468 e. The molecule has 3 heteroatoms. The van der Waals surface area contributed by atoms with Crippen LogP contribution in [0.4, 0.5) is 0 Å². The van der Waals surface area contributed by atoms with Crippen LogP contribution in [0.2, 0.25) is 0 Å². The molecule has 2 saturated carbocycles. The van der Waals surface area contributed by atoms with Gasteiger partial charge in [-0.1, -0.05) is 13.8 Å². The van der Waals surface area contributed by atoms with Gasteiger partial charge in [-0.05, 0) is 24.2 Å². The lowest BCUT2D eigenvalue weighted by atomic mass is 9.69. The van der Waals surface area contributed by atoms with Crippen molar-refractivity contribution >= 4 is 11.8 Å². The molecule has 0 aromatic carbocycles. The summed E-state index contributed by atoms with van der Waals surface area (Å²) < 4.78 is 4.80. The van der Waals surface area contributed by atoms with E-state index in [1.54, 1.807) is 0 Å². The van der Waals surface area contributed by atoms with Crippen molar-refractivity contribution in [1.29, 1.82) is 0 Å². The van der Waals surface area contributed by atoms with Crippen LogP contribution < -0.4 is 0 Å². The molecule has 0 saturated heterocycles. The number of hydrogen-bond acceptors (Lipinski definition) is 3. The van der Waals surface area contributed by atoms with E-state index in [2.05, 4.69) is 0 Å². The van der Waals surface area contributed by atoms with Gasteiger partial charge in [-0.25, -0.2) is 0 Å². The molecule has 0 heterocycles. The number of methoxy groups -OCH3 is 1. The largest absolute Gasteiger partial charge is 0.468 e. The fraction of sp³-hybridized carbons (Fsp3) is 0.818. The highest BCUT2D eigenvalue weighted by atomic mass is 16.5. The topological polar surface area (TPSA) is 43.4 Å². The monoisotopic (exact) mass is 196 g/mol. The quantitative estimate of drug-likeness (QED) is 0.472. The predicted molar refractivity (Wildman–Crippen MR) is 50.6 cm³/mol. The lowest BCUT2D eigenvalue weighted by molar-refractivity contribution is -0.161. The van der Waals surface area contributed by atoms with Crippen LogP contribution in [0.15, 0.2) is 0 Å². The molecule has 2 fully saturated rings. The Balaban J connectivity index is 2.49. The smallest absolute Gasteiger partial charge is 0.319 e. The molecule has 2 atom stereocenters. The van der Waals surface area contributed by atoms with E-state index in [0.29, 0.717) is 18.8 Å². The molecular weight excluding hydrogens is 180 g/mol. The fourth-order valence-electron chi connectivity index (χ4n) is 3.33. The van der Waals surface area contributed by atoms with E-state index in [1.165, 1.54) is 7.11 Å². The van der Waals surface area contributed by atoms with E-state index < -0.39 is 5.41 Å². The average molecular weight is 196 g/mol. The minimum atomic E-state index is -0.827. The fourth-order valence-corrected chi connectivity index (χ4v) is 3.33. The van der Waals surface area contributed by atoms with Crippen LogP contribution in [0.25, 0.3) is 0 Å². The Bertz CT molecular complexity index is 306. The van der Waals surface area contributed by atoms with Crippen LogP contribution in [0.1, 0.15) is 33.1 Å². The van der Waals surface area contributed by atoms with Crippen molar-refractivity contribution in [1.82, 2.24) is 0 Å². The Morgan fingerprint density at radius 2 is 2.14 bits per heavy atom. The number of carbonyl (C=O) groups is 2. The molecule has 0 radical (unpaired) electrons. The molecule has 2 rings (SSSR count). The first-order chi connectivity index (χ1) is 6.46. The molecule has 0 aromatic rings. The van der Waals surface area contributed by atoms with Gasteiger partial charge in [-0.2, -0.15) is 0 Å². The van der Waals surface area contributed by atoms with Crippen molar-refractivity contribution in [2.24, 2.45) is 16.7 Å². The first-order valence-electron chi connectivity index (χ1n) is 5.08. The summed E-state index contributed by atoms with van der Waals surface area (Å²) in [5.41, 5.74) is -1.04. The van der Waals surface area contributed by atoms with Crippen LogP contribution in [0.5, 0.6) is 0 Å². The summed E-state index contributed by atoms with van der Waals surface area (Å²) in [5, 5.41) is 0. The van der Waals surface area contributed by atoms with Crippen LogP contribution >= 0.6 is 0 Å². The summed E-state index contributed by atoms with van der Waals surface area (Å²) in [7, 11) is 1.37. The second-order valence-corrected chi connectivity index (χ2v) is 4.98. The summed E-state index contributed by atoms with van der Waals surface area (Å²) in [6, 6.07) is 0. The zero-order valence-electron chi connectivity index (χ0n) is 8.92. The van der Waals surface area contributed by atoms with Crippen LogP contribution in [-0.4, -0.2) is 18.9 Å². The van der Waals surface area contributed by atoms with Gasteiger partial charge in [-0.15, -0.1) is 0 Å². The number of fused-ring (bicyclic) bond motifs is 2. The Hall–Kier alpha value is -0.860. The first-order valence-corrected chi connectivity index (χ1v) is 5.08. The van der Waals surface area contributed by atoms with E-state index in [9.17, 15) is 9.59 Å². The molecule has 2 aliphatic carbocycles. The summed E-state index contributed by atoms with van der Waals surface area (Å²) in [6.45, 7) is 4.04. The minimum absolute atomic E-state index is 0.0885. The number of esters is 1. The van der Waals surface area contributed by atoms with Gasteiger partial charge in [0.15, 0.2) is 5.78 Å². The second-order valence-electron chi connectivity index (χ2n) is 4.98. The number of ketones is 1. The third-order valence-electron chi connectivity index (χ3n) is 4.43. The Kier molecular flexibility index (Phi) is 1.79. The molecule has 2 bridgehead atoms. The van der Waals surface area contributed by atoms with E-state index in [4.69, 9.17) is 4.74 Å². The predicted octanol–water partition coefficient (Wildman–Crippen LogP) is 1.55. The maximum atomic E-state index is 11.9. The third kappa shape index (κ3) is 0.787. The van der Waals surface area contributed by atoms with Crippen molar-refractivity contribution in [3.05, 3.63) is 0 Å². The lowest BCUT2D eigenvalue weighted by Gasteiger charge is -2.33. The highest BCUT2D eigenvalue weighted by Crippen LogP contribution is 2.64. The van der Waals surface area contributed by atoms with Gasteiger partial charge >= 0.3 is 5.97 Å². The number of rotatable bonds is 1. The van der Waals surface area contributed by atoms with Crippen molar-refractivity contribution in [2.45, 2.75) is 33.1 Å². The molecular formula is C11H16O3. The van der Waals surface area contributed by atoms with Gasteiger partial charge in [0.25, 0.3) is 0 Å². The molecule has 0 spiro atoms. The number of ether oxygens (including phenoxy) is 1. The standard InChI is InChI=1S/C11H16O3/c1-10(2)7-4-5-11(10,8(12)6-7)9(13)14-3/h7H,4-6H2,1-3H3/t7-,11-/m0/s1. The normalized spacial score (nSPS) is 38.8. The maximum Gasteiger partial charge on any atom is 0.319 e. The summed E-state index contributed by atoms with van der Waals surface area (Å²) in [5.74, 6) is 0.132. The van der Waals surface area contributed by atoms with Crippen molar-refractivity contribution in [3.8, 4) is 0 Å². The molecule has 2 aliphatic rings. The van der Waals surface area contributed by atoms with Crippen molar-refractivity contribution in [2.75, 3.05) is 7.11 Å². The molecule has 78 valence electrons. The molecule has 0 unspecified atom stereocenters. The zero-order valence-corrected chi connectivity index (χ0v) is 8.92. The summed E-state index contributed by atoms with van der Waals surface area (Å²) in [4.78, 5) is 23.6. The average Bonchev–Trinajstić information content (AvgIpc) is 2.49. The highest BCUT2D eigenvalue weighted by Gasteiger charge is 2.68. The van der Waals surface area contributed by atoms with Gasteiger partial charge in [0, 0.05) is 6.42 Å². The Morgan fingerprint density at radius 3 is 2.50 bits per heavy atom. The van der Waals surface area contributed by atoms with Gasteiger partial charge in [0.1, 0.15) is 5.41 Å². The summed E-state index contributed by atoms with van der Waals surface area (Å²) >= 11 is 0. The molecule has 14 heavy (non-hydrogen) atoms. The zero-order chi connectivity index (χ0) is 10.6. The molecule has 0 aliphatic heterocycles. The third-order valence-corrected chi connectivity index (χ3v) is 4.43. The van der Waals surface area contributed by atoms with Crippen molar-refractivity contribution < 1.29 is 14.3 Å². The summed E-state index contributed by atoms with van der Waals surface area (Å²) in [6.07, 6.45) is 2.21. The van der Waals surface area contributed by atoms with Gasteiger partial charge < -0.3 is 4.74 Å². The number of Topliss-reactive ketones (excluding diaryl/α,β-unsaturated/α-hetero) is 1. The van der Waals surface area contributed by atoms with Crippen LogP contribution in [-0.2, 0) is 14.3 Å². The van der Waals surface area contributed by atoms with E-state index in [0.717, 1.165) is 6.42 Å².